The lowest BCUT2D eigenvalue weighted by Crippen LogP contribution is -2.35. The second-order valence-corrected chi connectivity index (χ2v) is 7.53. The maximum atomic E-state index is 12.6. The summed E-state index contributed by atoms with van der Waals surface area (Å²) in [6.45, 7) is -0.627. The summed E-state index contributed by atoms with van der Waals surface area (Å²) in [6.07, 6.45) is 0. The van der Waals surface area contributed by atoms with E-state index in [2.05, 4.69) is 0 Å². The van der Waals surface area contributed by atoms with Gasteiger partial charge in [-0.05, 0) is 32.9 Å². The number of aryl methyl sites for hydroxylation is 1. The highest BCUT2D eigenvalue weighted by atomic mass is 32.2. The van der Waals surface area contributed by atoms with Crippen LogP contribution in [0.5, 0.6) is 5.75 Å². The first-order valence-corrected chi connectivity index (χ1v) is 7.90. The molecule has 1 rings (SSSR count). The standard InChI is InChI=1S/C12H17BF3O3S/c1-9(2)20(17,18)7-6-19-11-4-5-12(10(3)8-11)13(14,15)16/h4-5,8-9H,6-7H2,1-3H3/q-1. The largest absolute Gasteiger partial charge is 0.509 e. The molecular formula is C12H17BF3O3S-. The lowest BCUT2D eigenvalue weighted by Gasteiger charge is -2.18. The minimum atomic E-state index is -5.04. The van der Waals surface area contributed by atoms with Gasteiger partial charge in [-0.25, -0.2) is 8.42 Å². The molecule has 0 heterocycles. The Labute approximate surface area is 117 Å². The first-order valence-electron chi connectivity index (χ1n) is 6.19. The van der Waals surface area contributed by atoms with Gasteiger partial charge in [-0.3, -0.25) is 0 Å². The monoisotopic (exact) mass is 309 g/mol. The van der Waals surface area contributed by atoms with Crippen molar-refractivity contribution < 1.29 is 26.1 Å². The Hall–Kier alpha value is -1.18. The maximum Gasteiger partial charge on any atom is 0.509 e. The van der Waals surface area contributed by atoms with Gasteiger partial charge in [-0.15, -0.1) is 5.46 Å². The van der Waals surface area contributed by atoms with Crippen LogP contribution in [-0.2, 0) is 9.84 Å². The highest BCUT2D eigenvalue weighted by Gasteiger charge is 2.27. The average Bonchev–Trinajstić information content (AvgIpc) is 2.26. The van der Waals surface area contributed by atoms with Crippen molar-refractivity contribution in [2.75, 3.05) is 12.4 Å². The van der Waals surface area contributed by atoms with E-state index in [1.54, 1.807) is 13.8 Å². The minimum absolute atomic E-state index is 0.0710. The molecular weight excluding hydrogens is 292 g/mol. The predicted octanol–water partition coefficient (Wildman–Crippen LogP) is 2.25. The highest BCUT2D eigenvalue weighted by Crippen LogP contribution is 2.17. The van der Waals surface area contributed by atoms with Crippen molar-refractivity contribution in [3.05, 3.63) is 23.8 Å². The van der Waals surface area contributed by atoms with Crippen molar-refractivity contribution in [1.82, 2.24) is 0 Å². The van der Waals surface area contributed by atoms with Gasteiger partial charge in [0, 0.05) is 0 Å². The van der Waals surface area contributed by atoms with Gasteiger partial charge in [0.2, 0.25) is 0 Å². The fourth-order valence-corrected chi connectivity index (χ4v) is 2.40. The molecule has 0 N–H and O–H groups in total. The summed E-state index contributed by atoms with van der Waals surface area (Å²) in [6, 6.07) is 3.44. The van der Waals surface area contributed by atoms with Crippen LogP contribution in [-0.4, -0.2) is 33.0 Å². The molecule has 0 bridgehead atoms. The Morgan fingerprint density at radius 1 is 1.25 bits per heavy atom. The Morgan fingerprint density at radius 2 is 1.85 bits per heavy atom. The molecule has 0 aliphatic rings. The third-order valence-electron chi connectivity index (χ3n) is 2.95. The van der Waals surface area contributed by atoms with Gasteiger partial charge in [0.25, 0.3) is 0 Å². The lowest BCUT2D eigenvalue weighted by molar-refractivity contribution is 0.340. The van der Waals surface area contributed by atoms with E-state index in [1.165, 1.54) is 19.1 Å². The van der Waals surface area contributed by atoms with Gasteiger partial charge in [0.05, 0.1) is 11.0 Å². The molecule has 0 unspecified atom stereocenters. The van der Waals surface area contributed by atoms with Crippen LogP contribution in [0.1, 0.15) is 19.4 Å². The zero-order chi connectivity index (χ0) is 15.6. The van der Waals surface area contributed by atoms with Crippen molar-refractivity contribution in [3.8, 4) is 5.75 Å². The number of ether oxygens (including phenoxy) is 1. The van der Waals surface area contributed by atoms with Crippen LogP contribution < -0.4 is 10.2 Å². The molecule has 1 aromatic carbocycles. The molecule has 8 heteroatoms. The van der Waals surface area contributed by atoms with Gasteiger partial charge >= 0.3 is 6.98 Å². The van der Waals surface area contributed by atoms with Crippen LogP contribution in [0, 0.1) is 6.92 Å². The third kappa shape index (κ3) is 4.43. The maximum absolute atomic E-state index is 12.6. The van der Waals surface area contributed by atoms with Gasteiger partial charge in [-0.2, -0.15) is 0 Å². The van der Waals surface area contributed by atoms with Gasteiger partial charge in [0.1, 0.15) is 12.4 Å². The van der Waals surface area contributed by atoms with E-state index in [4.69, 9.17) is 4.74 Å². The van der Waals surface area contributed by atoms with Crippen LogP contribution in [0.3, 0.4) is 0 Å². The molecule has 0 atom stereocenters. The second-order valence-electron chi connectivity index (χ2n) is 4.86. The van der Waals surface area contributed by atoms with Crippen LogP contribution in [0.25, 0.3) is 0 Å². The van der Waals surface area contributed by atoms with E-state index < -0.39 is 27.5 Å². The number of halogens is 3. The van der Waals surface area contributed by atoms with E-state index in [1.807, 2.05) is 0 Å². The van der Waals surface area contributed by atoms with Crippen LogP contribution in [0.2, 0.25) is 0 Å². The molecule has 3 nitrogen and oxygen atoms in total. The topological polar surface area (TPSA) is 43.4 Å². The second kappa shape index (κ2) is 6.07. The normalized spacial score (nSPS) is 12.8. The van der Waals surface area contributed by atoms with E-state index in [9.17, 15) is 21.4 Å². The molecule has 0 radical (unpaired) electrons. The Kier molecular flexibility index (Phi) is 5.12. The molecule has 0 aliphatic heterocycles. The molecule has 0 aromatic heterocycles. The molecule has 114 valence electrons. The summed E-state index contributed by atoms with van der Waals surface area (Å²) in [7, 11) is -3.21. The van der Waals surface area contributed by atoms with E-state index in [0.29, 0.717) is 0 Å². The zero-order valence-corrected chi connectivity index (χ0v) is 12.4. The van der Waals surface area contributed by atoms with Crippen molar-refractivity contribution >= 4 is 22.3 Å². The first kappa shape index (κ1) is 16.9. The number of sulfone groups is 1. The molecule has 0 saturated heterocycles. The summed E-state index contributed by atoms with van der Waals surface area (Å²) >= 11 is 0. The van der Waals surface area contributed by atoms with Crippen LogP contribution in [0.4, 0.5) is 12.9 Å². The summed E-state index contributed by atoms with van der Waals surface area (Å²) in [5.74, 6) is 0.0829. The Bertz CT molecular complexity index is 568. The van der Waals surface area contributed by atoms with Crippen LogP contribution >= 0.6 is 0 Å². The zero-order valence-electron chi connectivity index (χ0n) is 11.6. The van der Waals surface area contributed by atoms with E-state index in [-0.39, 0.29) is 23.7 Å². The number of hydrogen-bond donors (Lipinski definition) is 0. The first-order chi connectivity index (χ1) is 9.04. The summed E-state index contributed by atoms with van der Waals surface area (Å²) < 4.78 is 66.2. The fourth-order valence-electron chi connectivity index (χ4n) is 1.62. The Morgan fingerprint density at radius 3 is 2.30 bits per heavy atom. The molecule has 1 aromatic rings. The Balaban J connectivity index is 2.70. The lowest BCUT2D eigenvalue weighted by atomic mass is 9.77. The van der Waals surface area contributed by atoms with E-state index in [0.717, 1.165) is 6.07 Å². The summed E-state index contributed by atoms with van der Waals surface area (Å²) in [4.78, 5) is 0. The van der Waals surface area contributed by atoms with Crippen LogP contribution in [0.15, 0.2) is 18.2 Å². The summed E-state index contributed by atoms with van der Waals surface area (Å²) in [5, 5.41) is -0.497. The average molecular weight is 309 g/mol. The molecule has 0 amide bonds. The molecule has 20 heavy (non-hydrogen) atoms. The van der Waals surface area contributed by atoms with Crippen molar-refractivity contribution in [3.63, 3.8) is 0 Å². The number of benzene rings is 1. The van der Waals surface area contributed by atoms with Gasteiger partial charge in [-0.1, -0.05) is 11.6 Å². The third-order valence-corrected chi connectivity index (χ3v) is 5.12. The van der Waals surface area contributed by atoms with Crippen molar-refractivity contribution in [1.29, 1.82) is 0 Å². The summed E-state index contributed by atoms with van der Waals surface area (Å²) in [5.41, 5.74) is -0.589. The van der Waals surface area contributed by atoms with E-state index >= 15 is 0 Å². The van der Waals surface area contributed by atoms with Crippen molar-refractivity contribution in [2.45, 2.75) is 26.0 Å². The van der Waals surface area contributed by atoms with Gasteiger partial charge in [0.15, 0.2) is 9.84 Å². The SMILES string of the molecule is Cc1cc(OCCS(=O)(=O)C(C)C)ccc1[B-](F)(F)F. The quantitative estimate of drug-likeness (QED) is 0.757. The smallest absolute Gasteiger partial charge is 0.493 e. The molecule has 0 aliphatic carbocycles. The van der Waals surface area contributed by atoms with Gasteiger partial charge < -0.3 is 17.7 Å². The fraction of sp³-hybridized carbons (Fsp3) is 0.500. The predicted molar refractivity (Wildman–Crippen MR) is 74.3 cm³/mol. The molecule has 0 spiro atoms. The minimum Gasteiger partial charge on any atom is -0.493 e. The number of rotatable bonds is 6. The molecule has 0 fully saturated rings. The van der Waals surface area contributed by atoms with Crippen molar-refractivity contribution in [2.24, 2.45) is 0 Å². The highest BCUT2D eigenvalue weighted by molar-refractivity contribution is 7.91. The molecule has 0 saturated carbocycles. The number of hydrogen-bond acceptors (Lipinski definition) is 3.